The number of hydrogen-bond acceptors (Lipinski definition) is 6. The number of aryl methyl sites for hydroxylation is 1. The number of anilines is 3. The predicted octanol–water partition coefficient (Wildman–Crippen LogP) is 2.83. The molecule has 1 amide bonds. The Morgan fingerprint density at radius 1 is 1.00 bits per heavy atom. The first kappa shape index (κ1) is 19.2. The Labute approximate surface area is 162 Å². The van der Waals surface area contributed by atoms with Crippen LogP contribution >= 0.6 is 0 Å². The van der Waals surface area contributed by atoms with E-state index in [1.807, 2.05) is 19.1 Å². The van der Waals surface area contributed by atoms with E-state index < -0.39 is 0 Å². The number of carbonyl (C=O) groups excluding carboxylic acids is 1. The fraction of sp³-hybridized carbons (Fsp3) is 0.200. The number of benzene rings is 1. The highest BCUT2D eigenvalue weighted by Crippen LogP contribution is 2.14. The van der Waals surface area contributed by atoms with Gasteiger partial charge in [-0.15, -0.1) is 0 Å². The van der Waals surface area contributed by atoms with E-state index in [0.29, 0.717) is 36.1 Å². The van der Waals surface area contributed by atoms with Gasteiger partial charge in [-0.2, -0.15) is 0 Å². The van der Waals surface area contributed by atoms with Crippen molar-refractivity contribution < 1.29 is 9.18 Å². The van der Waals surface area contributed by atoms with Gasteiger partial charge in [-0.3, -0.25) is 4.79 Å². The van der Waals surface area contributed by atoms with Crippen molar-refractivity contribution in [3.63, 3.8) is 0 Å². The molecular formula is C20H21FN6O. The van der Waals surface area contributed by atoms with Gasteiger partial charge in [-0.1, -0.05) is 18.2 Å². The number of carbonyl (C=O) groups is 1. The Morgan fingerprint density at radius 3 is 2.61 bits per heavy atom. The van der Waals surface area contributed by atoms with Crippen molar-refractivity contribution in [2.24, 2.45) is 0 Å². The van der Waals surface area contributed by atoms with Gasteiger partial charge in [0.05, 0.1) is 6.42 Å². The molecule has 0 radical (unpaired) electrons. The van der Waals surface area contributed by atoms with Crippen molar-refractivity contribution in [2.45, 2.75) is 13.3 Å². The number of rotatable bonds is 8. The van der Waals surface area contributed by atoms with Gasteiger partial charge >= 0.3 is 0 Å². The lowest BCUT2D eigenvalue weighted by Gasteiger charge is -2.09. The van der Waals surface area contributed by atoms with Crippen LogP contribution in [0.1, 0.15) is 11.1 Å². The Bertz CT molecular complexity index is 949. The summed E-state index contributed by atoms with van der Waals surface area (Å²) < 4.78 is 13.6. The largest absolute Gasteiger partial charge is 0.368 e. The molecule has 3 rings (SSSR count). The van der Waals surface area contributed by atoms with Crippen LogP contribution in [-0.2, 0) is 11.2 Å². The second-order valence-electron chi connectivity index (χ2n) is 6.18. The number of pyridine rings is 1. The highest BCUT2D eigenvalue weighted by atomic mass is 19.1. The van der Waals surface area contributed by atoms with E-state index in [1.165, 1.54) is 12.4 Å². The molecule has 0 spiro atoms. The number of halogens is 1. The molecule has 0 bridgehead atoms. The summed E-state index contributed by atoms with van der Waals surface area (Å²) in [7, 11) is 0. The summed E-state index contributed by atoms with van der Waals surface area (Å²) in [6.45, 7) is 2.85. The maximum Gasteiger partial charge on any atom is 0.224 e. The Balaban J connectivity index is 1.45. The van der Waals surface area contributed by atoms with E-state index in [-0.39, 0.29) is 18.1 Å². The summed E-state index contributed by atoms with van der Waals surface area (Å²) in [5, 5.41) is 8.98. The van der Waals surface area contributed by atoms with Crippen LogP contribution in [0.5, 0.6) is 0 Å². The Morgan fingerprint density at radius 2 is 1.79 bits per heavy atom. The zero-order valence-corrected chi connectivity index (χ0v) is 15.4. The summed E-state index contributed by atoms with van der Waals surface area (Å²) in [6.07, 6.45) is 3.18. The second-order valence-corrected chi connectivity index (χ2v) is 6.18. The highest BCUT2D eigenvalue weighted by Gasteiger charge is 2.07. The van der Waals surface area contributed by atoms with Crippen molar-refractivity contribution in [3.05, 3.63) is 71.9 Å². The van der Waals surface area contributed by atoms with Gasteiger partial charge < -0.3 is 16.0 Å². The van der Waals surface area contributed by atoms with E-state index in [0.717, 1.165) is 5.56 Å². The number of amides is 1. The summed E-state index contributed by atoms with van der Waals surface area (Å²) in [6, 6.07) is 11.8. The highest BCUT2D eigenvalue weighted by molar-refractivity contribution is 5.78. The van der Waals surface area contributed by atoms with Crippen molar-refractivity contribution in [2.75, 3.05) is 23.7 Å². The van der Waals surface area contributed by atoms with Crippen molar-refractivity contribution in [3.8, 4) is 0 Å². The van der Waals surface area contributed by atoms with E-state index in [1.54, 1.807) is 30.5 Å². The molecule has 3 aromatic rings. The quantitative estimate of drug-likeness (QED) is 0.521. The molecule has 0 aliphatic heterocycles. The molecule has 0 saturated carbocycles. The van der Waals surface area contributed by atoms with Gasteiger partial charge in [0.25, 0.3) is 0 Å². The molecule has 0 saturated heterocycles. The molecule has 28 heavy (non-hydrogen) atoms. The topological polar surface area (TPSA) is 91.8 Å². The molecule has 0 aliphatic rings. The fourth-order valence-electron chi connectivity index (χ4n) is 2.53. The van der Waals surface area contributed by atoms with Crippen LogP contribution in [0.4, 0.5) is 21.8 Å². The number of aromatic nitrogens is 3. The first-order valence-electron chi connectivity index (χ1n) is 8.86. The summed E-state index contributed by atoms with van der Waals surface area (Å²) in [4.78, 5) is 24.5. The molecule has 8 heteroatoms. The van der Waals surface area contributed by atoms with Gasteiger partial charge in [0.2, 0.25) is 5.91 Å². The molecule has 0 unspecified atom stereocenters. The molecule has 0 aliphatic carbocycles. The smallest absolute Gasteiger partial charge is 0.224 e. The summed E-state index contributed by atoms with van der Waals surface area (Å²) >= 11 is 0. The van der Waals surface area contributed by atoms with E-state index in [9.17, 15) is 9.18 Å². The van der Waals surface area contributed by atoms with Gasteiger partial charge in [0, 0.05) is 25.4 Å². The third-order valence-corrected chi connectivity index (χ3v) is 3.90. The number of nitrogens with zero attached hydrogens (tertiary/aromatic N) is 3. The second kappa shape index (κ2) is 9.40. The van der Waals surface area contributed by atoms with Crippen LogP contribution in [0.2, 0.25) is 0 Å². The van der Waals surface area contributed by atoms with Crippen LogP contribution < -0.4 is 16.0 Å². The SMILES string of the molecule is Cc1ccnc(Nc2cc(NCCNC(=O)Cc3ccccc3F)ncn2)c1. The molecule has 7 nitrogen and oxygen atoms in total. The standard InChI is InChI=1S/C20H21FN6O/c1-14-6-7-22-18(10-14)27-19-12-17(25-13-26-19)23-8-9-24-20(28)11-15-4-2-3-5-16(15)21/h2-7,10,12-13H,8-9,11H2,1H3,(H,24,28)(H2,22,23,25,26,27). The summed E-state index contributed by atoms with van der Waals surface area (Å²) in [5.41, 5.74) is 1.47. The van der Waals surface area contributed by atoms with Gasteiger partial charge in [0.15, 0.2) is 0 Å². The van der Waals surface area contributed by atoms with Crippen LogP contribution in [0.25, 0.3) is 0 Å². The fourth-order valence-corrected chi connectivity index (χ4v) is 2.53. The molecule has 144 valence electrons. The first-order valence-corrected chi connectivity index (χ1v) is 8.86. The van der Waals surface area contributed by atoms with Gasteiger partial charge in [-0.05, 0) is 36.2 Å². The van der Waals surface area contributed by atoms with Crippen molar-refractivity contribution in [1.29, 1.82) is 0 Å². The third kappa shape index (κ3) is 5.73. The average Bonchev–Trinajstić information content (AvgIpc) is 2.67. The van der Waals surface area contributed by atoms with Gasteiger partial charge in [-0.25, -0.2) is 19.3 Å². The summed E-state index contributed by atoms with van der Waals surface area (Å²) in [5.74, 6) is 1.32. The molecular weight excluding hydrogens is 359 g/mol. The van der Waals surface area contributed by atoms with E-state index >= 15 is 0 Å². The lowest BCUT2D eigenvalue weighted by atomic mass is 10.1. The first-order chi connectivity index (χ1) is 13.6. The Hall–Kier alpha value is -3.55. The lowest BCUT2D eigenvalue weighted by molar-refractivity contribution is -0.120. The van der Waals surface area contributed by atoms with Crippen molar-refractivity contribution >= 4 is 23.4 Å². The predicted molar refractivity (Wildman–Crippen MR) is 106 cm³/mol. The van der Waals surface area contributed by atoms with E-state index in [4.69, 9.17) is 0 Å². The van der Waals surface area contributed by atoms with Crippen LogP contribution in [0.3, 0.4) is 0 Å². The molecule has 2 heterocycles. The maximum absolute atomic E-state index is 13.6. The minimum Gasteiger partial charge on any atom is -0.368 e. The Kier molecular flexibility index (Phi) is 6.46. The molecule has 0 fully saturated rings. The average molecular weight is 380 g/mol. The molecule has 2 aromatic heterocycles. The van der Waals surface area contributed by atoms with E-state index in [2.05, 4.69) is 30.9 Å². The minimum absolute atomic E-state index is 0.0116. The zero-order valence-electron chi connectivity index (χ0n) is 15.4. The molecule has 1 aromatic carbocycles. The number of hydrogen-bond donors (Lipinski definition) is 3. The van der Waals surface area contributed by atoms with Crippen molar-refractivity contribution in [1.82, 2.24) is 20.3 Å². The molecule has 0 atom stereocenters. The minimum atomic E-state index is -0.375. The van der Waals surface area contributed by atoms with Crippen LogP contribution in [-0.4, -0.2) is 33.9 Å². The number of nitrogens with one attached hydrogen (secondary N) is 3. The van der Waals surface area contributed by atoms with Gasteiger partial charge in [0.1, 0.15) is 29.6 Å². The third-order valence-electron chi connectivity index (χ3n) is 3.90. The van der Waals surface area contributed by atoms with Crippen LogP contribution in [0.15, 0.2) is 55.0 Å². The molecule has 3 N–H and O–H groups in total. The zero-order chi connectivity index (χ0) is 19.8. The maximum atomic E-state index is 13.6. The normalized spacial score (nSPS) is 10.4. The van der Waals surface area contributed by atoms with Crippen LogP contribution in [0, 0.1) is 12.7 Å². The lowest BCUT2D eigenvalue weighted by Crippen LogP contribution is -2.30. The monoisotopic (exact) mass is 380 g/mol.